The molecule has 0 radical (unpaired) electrons. The first-order chi connectivity index (χ1) is 9.69. The third-order valence-corrected chi connectivity index (χ3v) is 3.35. The molecule has 4 nitrogen and oxygen atoms in total. The van der Waals surface area contributed by atoms with Gasteiger partial charge in [-0.1, -0.05) is 0 Å². The monoisotopic (exact) mass is 275 g/mol. The van der Waals surface area contributed by atoms with Crippen LogP contribution in [0.5, 0.6) is 17.2 Å². The van der Waals surface area contributed by atoms with E-state index >= 15 is 0 Å². The number of aromatic nitrogens is 1. The topological polar surface area (TPSA) is 43.5 Å². The van der Waals surface area contributed by atoms with Crippen molar-refractivity contribution >= 4 is 21.8 Å². The molecule has 0 atom stereocenters. The van der Waals surface area contributed by atoms with E-state index in [0.29, 0.717) is 17.2 Å². The van der Waals surface area contributed by atoms with Crippen LogP contribution in [0.4, 0.5) is 4.39 Å². The third kappa shape index (κ3) is 1.66. The highest BCUT2D eigenvalue weighted by atomic mass is 19.1. The average molecular weight is 275 g/mol. The van der Waals surface area contributed by atoms with E-state index < -0.39 is 0 Å². The zero-order valence-electron chi connectivity index (χ0n) is 11.4. The first-order valence-electron chi connectivity index (χ1n) is 6.09. The molecule has 1 heterocycles. The number of fused-ring (bicyclic) bond motifs is 3. The van der Waals surface area contributed by atoms with Crippen molar-refractivity contribution in [3.05, 3.63) is 30.1 Å². The highest BCUT2D eigenvalue weighted by Gasteiger charge is 2.19. The number of methoxy groups -OCH3 is 3. The van der Waals surface area contributed by atoms with E-state index in [4.69, 9.17) is 14.2 Å². The van der Waals surface area contributed by atoms with Crippen LogP contribution in [-0.2, 0) is 0 Å². The zero-order chi connectivity index (χ0) is 14.3. The Balaban J connectivity index is 2.51. The van der Waals surface area contributed by atoms with Gasteiger partial charge in [0.25, 0.3) is 0 Å². The zero-order valence-corrected chi connectivity index (χ0v) is 11.4. The number of halogens is 1. The van der Waals surface area contributed by atoms with Crippen LogP contribution in [-0.4, -0.2) is 26.3 Å². The summed E-state index contributed by atoms with van der Waals surface area (Å²) in [7, 11) is 4.65. The fourth-order valence-electron chi connectivity index (χ4n) is 2.50. The molecule has 0 aliphatic rings. The first kappa shape index (κ1) is 12.6. The standard InChI is InChI=1S/C15H14FNO3/c1-18-12-7-11-13(15(20-3)14(12)19-2)9-6-8(16)4-5-10(9)17-11/h4-7,17H,1-3H3. The molecule has 0 saturated carbocycles. The summed E-state index contributed by atoms with van der Waals surface area (Å²) in [6.07, 6.45) is 0. The number of ether oxygens (including phenoxy) is 3. The Hall–Kier alpha value is -2.43. The Morgan fingerprint density at radius 1 is 0.900 bits per heavy atom. The average Bonchev–Trinajstić information content (AvgIpc) is 2.82. The molecule has 0 amide bonds. The van der Waals surface area contributed by atoms with Crippen LogP contribution in [0.25, 0.3) is 21.8 Å². The highest BCUT2D eigenvalue weighted by Crippen LogP contribution is 2.45. The summed E-state index contributed by atoms with van der Waals surface area (Å²) < 4.78 is 29.6. The van der Waals surface area contributed by atoms with E-state index in [9.17, 15) is 4.39 Å². The molecule has 0 saturated heterocycles. The van der Waals surface area contributed by atoms with E-state index in [1.165, 1.54) is 12.1 Å². The molecule has 104 valence electrons. The van der Waals surface area contributed by atoms with Gasteiger partial charge in [-0.2, -0.15) is 0 Å². The Morgan fingerprint density at radius 2 is 1.65 bits per heavy atom. The van der Waals surface area contributed by atoms with Crippen molar-refractivity contribution in [3.63, 3.8) is 0 Å². The number of hydrogen-bond donors (Lipinski definition) is 1. The molecule has 3 aromatic rings. The van der Waals surface area contributed by atoms with Crippen LogP contribution in [0.1, 0.15) is 0 Å². The molecule has 0 fully saturated rings. The van der Waals surface area contributed by atoms with Crippen LogP contribution in [0, 0.1) is 5.82 Å². The Morgan fingerprint density at radius 3 is 2.30 bits per heavy atom. The minimum absolute atomic E-state index is 0.296. The van der Waals surface area contributed by atoms with Crippen molar-refractivity contribution in [1.29, 1.82) is 0 Å². The molecule has 1 N–H and O–H groups in total. The van der Waals surface area contributed by atoms with Gasteiger partial charge in [0.2, 0.25) is 5.75 Å². The molecule has 0 bridgehead atoms. The lowest BCUT2D eigenvalue weighted by atomic mass is 10.1. The van der Waals surface area contributed by atoms with Gasteiger partial charge in [0.1, 0.15) is 5.82 Å². The molecule has 1 aromatic heterocycles. The summed E-state index contributed by atoms with van der Waals surface area (Å²) in [6, 6.07) is 6.40. The lowest BCUT2D eigenvalue weighted by Crippen LogP contribution is -1.95. The summed E-state index contributed by atoms with van der Waals surface area (Å²) in [4.78, 5) is 3.22. The highest BCUT2D eigenvalue weighted by molar-refractivity contribution is 6.12. The van der Waals surface area contributed by atoms with Crippen LogP contribution >= 0.6 is 0 Å². The molecule has 0 aliphatic carbocycles. The largest absolute Gasteiger partial charge is 0.493 e. The molecule has 5 heteroatoms. The van der Waals surface area contributed by atoms with Crippen molar-refractivity contribution in [3.8, 4) is 17.2 Å². The van der Waals surface area contributed by atoms with E-state index in [0.717, 1.165) is 21.8 Å². The molecule has 0 unspecified atom stereocenters. The van der Waals surface area contributed by atoms with Gasteiger partial charge in [-0.15, -0.1) is 0 Å². The van der Waals surface area contributed by atoms with Gasteiger partial charge in [0.05, 0.1) is 32.2 Å². The van der Waals surface area contributed by atoms with Crippen LogP contribution < -0.4 is 14.2 Å². The summed E-state index contributed by atoms with van der Waals surface area (Å²) in [6.45, 7) is 0. The van der Waals surface area contributed by atoms with Gasteiger partial charge in [-0.25, -0.2) is 4.39 Å². The third-order valence-electron chi connectivity index (χ3n) is 3.35. The lowest BCUT2D eigenvalue weighted by Gasteiger charge is -2.13. The summed E-state index contributed by atoms with van der Waals surface area (Å²) >= 11 is 0. The number of rotatable bonds is 3. The maximum absolute atomic E-state index is 13.5. The molecule has 0 aliphatic heterocycles. The molecular weight excluding hydrogens is 261 g/mol. The Kier molecular flexibility index (Phi) is 2.89. The van der Waals surface area contributed by atoms with E-state index in [1.54, 1.807) is 27.4 Å². The molecule has 20 heavy (non-hydrogen) atoms. The van der Waals surface area contributed by atoms with Crippen molar-refractivity contribution < 1.29 is 18.6 Å². The van der Waals surface area contributed by atoms with E-state index in [1.807, 2.05) is 6.07 Å². The minimum atomic E-state index is -0.296. The van der Waals surface area contributed by atoms with Crippen molar-refractivity contribution in [2.75, 3.05) is 21.3 Å². The smallest absolute Gasteiger partial charge is 0.204 e. The fraction of sp³-hybridized carbons (Fsp3) is 0.200. The number of benzene rings is 2. The Bertz CT molecular complexity index is 795. The molecule has 2 aromatic carbocycles. The summed E-state index contributed by atoms with van der Waals surface area (Å²) in [5.41, 5.74) is 1.63. The summed E-state index contributed by atoms with van der Waals surface area (Å²) in [5, 5.41) is 1.53. The number of H-pyrrole nitrogens is 1. The maximum Gasteiger partial charge on any atom is 0.204 e. The van der Waals surface area contributed by atoms with Gasteiger partial charge < -0.3 is 19.2 Å². The van der Waals surface area contributed by atoms with Gasteiger partial charge in [0.15, 0.2) is 11.5 Å². The van der Waals surface area contributed by atoms with Gasteiger partial charge in [-0.05, 0) is 18.2 Å². The van der Waals surface area contributed by atoms with Crippen molar-refractivity contribution in [2.24, 2.45) is 0 Å². The predicted molar refractivity (Wildman–Crippen MR) is 75.4 cm³/mol. The fourth-order valence-corrected chi connectivity index (χ4v) is 2.50. The Labute approximate surface area is 115 Å². The van der Waals surface area contributed by atoms with Gasteiger partial charge in [0, 0.05) is 17.0 Å². The second-order valence-corrected chi connectivity index (χ2v) is 4.38. The maximum atomic E-state index is 13.5. The van der Waals surface area contributed by atoms with E-state index in [2.05, 4.69) is 4.98 Å². The van der Waals surface area contributed by atoms with Gasteiger partial charge >= 0.3 is 0 Å². The molecular formula is C15H14FNO3. The normalized spacial score (nSPS) is 11.0. The lowest BCUT2D eigenvalue weighted by molar-refractivity contribution is 0.327. The minimum Gasteiger partial charge on any atom is -0.493 e. The van der Waals surface area contributed by atoms with Crippen molar-refractivity contribution in [1.82, 2.24) is 4.98 Å². The van der Waals surface area contributed by atoms with Crippen LogP contribution in [0.3, 0.4) is 0 Å². The SMILES string of the molecule is COc1cc2[nH]c3ccc(F)cc3c2c(OC)c1OC. The number of aromatic amines is 1. The summed E-state index contributed by atoms with van der Waals surface area (Å²) in [5.74, 6) is 1.28. The number of nitrogens with one attached hydrogen (secondary N) is 1. The number of hydrogen-bond acceptors (Lipinski definition) is 3. The quantitative estimate of drug-likeness (QED) is 0.795. The second-order valence-electron chi connectivity index (χ2n) is 4.38. The predicted octanol–water partition coefficient (Wildman–Crippen LogP) is 3.49. The molecule has 3 rings (SSSR count). The van der Waals surface area contributed by atoms with Crippen LogP contribution in [0.2, 0.25) is 0 Å². The molecule has 0 spiro atoms. The first-order valence-corrected chi connectivity index (χ1v) is 6.09. The van der Waals surface area contributed by atoms with E-state index in [-0.39, 0.29) is 5.82 Å². The van der Waals surface area contributed by atoms with Crippen molar-refractivity contribution in [2.45, 2.75) is 0 Å². The van der Waals surface area contributed by atoms with Crippen LogP contribution in [0.15, 0.2) is 24.3 Å². The second kappa shape index (κ2) is 4.59. The van der Waals surface area contributed by atoms with Gasteiger partial charge in [-0.3, -0.25) is 0 Å².